The van der Waals surface area contributed by atoms with E-state index in [1.54, 1.807) is 25.1 Å². The van der Waals surface area contributed by atoms with Gasteiger partial charge in [-0.25, -0.2) is 4.79 Å². The van der Waals surface area contributed by atoms with Crippen molar-refractivity contribution in [2.75, 3.05) is 6.61 Å². The van der Waals surface area contributed by atoms with E-state index in [0.29, 0.717) is 28.4 Å². The maximum atomic E-state index is 12.7. The van der Waals surface area contributed by atoms with Gasteiger partial charge in [-0.15, -0.1) is 0 Å². The summed E-state index contributed by atoms with van der Waals surface area (Å²) < 4.78 is 35.2. The smallest absolute Gasteiger partial charge is 0.387 e. The third-order valence-electron chi connectivity index (χ3n) is 3.60. The van der Waals surface area contributed by atoms with Gasteiger partial charge >= 0.3 is 12.6 Å². The number of carbonyl (C=O) groups excluding carboxylic acids is 1. The van der Waals surface area contributed by atoms with Crippen LogP contribution in [-0.2, 0) is 9.53 Å². The van der Waals surface area contributed by atoms with Crippen molar-refractivity contribution in [2.45, 2.75) is 39.3 Å². The van der Waals surface area contributed by atoms with E-state index in [0.717, 1.165) is 6.42 Å². The molecule has 1 aliphatic heterocycles. The fourth-order valence-corrected chi connectivity index (χ4v) is 2.91. The van der Waals surface area contributed by atoms with Crippen LogP contribution in [0.25, 0.3) is 0 Å². The van der Waals surface area contributed by atoms with E-state index in [9.17, 15) is 13.6 Å². The molecule has 0 radical (unpaired) electrons. The summed E-state index contributed by atoms with van der Waals surface area (Å²) in [6.45, 7) is 0.897. The standard InChI is InChI=1S/C17H20F2N2O3S/c1-3-7-11-13(15(22)23-4-2)14(21-17(25)20-11)10-8-5-6-9-12(10)24-16(18)19/h5-6,8-9,14,16H,3-4,7H2,1-2H3,(H2,20,21,25). The van der Waals surface area contributed by atoms with Crippen molar-refractivity contribution in [3.63, 3.8) is 0 Å². The van der Waals surface area contributed by atoms with Crippen molar-refractivity contribution in [3.05, 3.63) is 41.1 Å². The second-order valence-electron chi connectivity index (χ2n) is 5.31. The highest BCUT2D eigenvalue weighted by Gasteiger charge is 2.34. The van der Waals surface area contributed by atoms with E-state index in [-0.39, 0.29) is 12.4 Å². The van der Waals surface area contributed by atoms with Crippen molar-refractivity contribution in [1.29, 1.82) is 0 Å². The number of rotatable bonds is 7. The summed E-state index contributed by atoms with van der Waals surface area (Å²) in [6, 6.07) is 5.58. The van der Waals surface area contributed by atoms with Crippen LogP contribution in [0.3, 0.4) is 0 Å². The molecule has 8 heteroatoms. The summed E-state index contributed by atoms with van der Waals surface area (Å²) in [4.78, 5) is 12.5. The Labute approximate surface area is 150 Å². The van der Waals surface area contributed by atoms with Crippen LogP contribution in [0.4, 0.5) is 8.78 Å². The maximum absolute atomic E-state index is 12.7. The summed E-state index contributed by atoms with van der Waals surface area (Å²) in [7, 11) is 0. The van der Waals surface area contributed by atoms with Gasteiger partial charge in [-0.2, -0.15) is 8.78 Å². The van der Waals surface area contributed by atoms with Crippen LogP contribution in [0.15, 0.2) is 35.5 Å². The van der Waals surface area contributed by atoms with E-state index >= 15 is 0 Å². The van der Waals surface area contributed by atoms with E-state index in [1.165, 1.54) is 6.07 Å². The molecule has 1 aromatic carbocycles. The number of alkyl halides is 2. The molecule has 0 aliphatic carbocycles. The zero-order valence-electron chi connectivity index (χ0n) is 14.0. The van der Waals surface area contributed by atoms with Gasteiger partial charge in [-0.05, 0) is 31.6 Å². The first-order chi connectivity index (χ1) is 12.0. The third-order valence-corrected chi connectivity index (χ3v) is 3.81. The lowest BCUT2D eigenvalue weighted by atomic mass is 9.93. The fourth-order valence-electron chi connectivity index (χ4n) is 2.67. The molecular formula is C17H20F2N2O3S. The molecule has 0 fully saturated rings. The topological polar surface area (TPSA) is 59.6 Å². The summed E-state index contributed by atoms with van der Waals surface area (Å²) in [5.74, 6) is -0.539. The lowest BCUT2D eigenvalue weighted by Gasteiger charge is -2.31. The number of thiocarbonyl (C=S) groups is 1. The summed E-state index contributed by atoms with van der Waals surface area (Å²) in [6.07, 6.45) is 1.35. The Balaban J connectivity index is 2.54. The lowest BCUT2D eigenvalue weighted by molar-refractivity contribution is -0.139. The fraction of sp³-hybridized carbons (Fsp3) is 0.412. The maximum Gasteiger partial charge on any atom is 0.387 e. The van der Waals surface area contributed by atoms with Crippen molar-refractivity contribution in [2.24, 2.45) is 0 Å². The molecule has 5 nitrogen and oxygen atoms in total. The zero-order valence-corrected chi connectivity index (χ0v) is 14.8. The van der Waals surface area contributed by atoms with Crippen molar-refractivity contribution in [3.8, 4) is 5.75 Å². The van der Waals surface area contributed by atoms with Crippen LogP contribution in [0.2, 0.25) is 0 Å². The highest BCUT2D eigenvalue weighted by atomic mass is 32.1. The number of halogens is 2. The number of para-hydroxylation sites is 1. The molecule has 1 heterocycles. The van der Waals surface area contributed by atoms with Crippen molar-refractivity contribution < 1.29 is 23.0 Å². The minimum Gasteiger partial charge on any atom is -0.463 e. The van der Waals surface area contributed by atoms with E-state index in [1.807, 2.05) is 6.92 Å². The Kier molecular flexibility index (Phi) is 6.69. The van der Waals surface area contributed by atoms with Gasteiger partial charge in [-0.3, -0.25) is 0 Å². The van der Waals surface area contributed by atoms with Crippen LogP contribution >= 0.6 is 12.2 Å². The largest absolute Gasteiger partial charge is 0.463 e. The molecule has 2 N–H and O–H groups in total. The van der Waals surface area contributed by atoms with Gasteiger partial charge in [0, 0.05) is 11.3 Å². The molecule has 0 saturated heterocycles. The molecule has 0 amide bonds. The summed E-state index contributed by atoms with van der Waals surface area (Å²) >= 11 is 5.21. The number of allylic oxidation sites excluding steroid dienone is 1. The number of ether oxygens (including phenoxy) is 2. The molecule has 25 heavy (non-hydrogen) atoms. The van der Waals surface area contributed by atoms with E-state index in [2.05, 4.69) is 15.4 Å². The molecule has 0 bridgehead atoms. The minimum absolute atomic E-state index is 0.0163. The Bertz CT molecular complexity index is 680. The number of nitrogens with one attached hydrogen (secondary N) is 2. The Morgan fingerprint density at radius 2 is 2.04 bits per heavy atom. The summed E-state index contributed by atoms with van der Waals surface area (Å²) in [5.41, 5.74) is 1.34. The molecule has 2 rings (SSSR count). The number of benzene rings is 1. The Morgan fingerprint density at radius 3 is 2.68 bits per heavy atom. The molecule has 1 aliphatic rings. The summed E-state index contributed by atoms with van der Waals surface area (Å²) in [5, 5.41) is 6.25. The van der Waals surface area contributed by atoms with Gasteiger partial charge in [0.15, 0.2) is 5.11 Å². The Morgan fingerprint density at radius 1 is 1.32 bits per heavy atom. The first kappa shape index (κ1) is 19.1. The zero-order chi connectivity index (χ0) is 18.4. The second-order valence-corrected chi connectivity index (χ2v) is 5.72. The quantitative estimate of drug-likeness (QED) is 0.567. The average molecular weight is 370 g/mol. The molecule has 1 atom stereocenters. The predicted molar refractivity (Wildman–Crippen MR) is 93.3 cm³/mol. The van der Waals surface area contributed by atoms with Crippen LogP contribution in [0.5, 0.6) is 5.75 Å². The average Bonchev–Trinajstić information content (AvgIpc) is 2.54. The van der Waals surface area contributed by atoms with Crippen LogP contribution in [0, 0.1) is 0 Å². The molecule has 1 aromatic rings. The lowest BCUT2D eigenvalue weighted by Crippen LogP contribution is -2.46. The first-order valence-corrected chi connectivity index (χ1v) is 8.40. The van der Waals surface area contributed by atoms with Gasteiger partial charge < -0.3 is 20.1 Å². The van der Waals surface area contributed by atoms with Crippen LogP contribution < -0.4 is 15.4 Å². The van der Waals surface area contributed by atoms with Crippen LogP contribution in [0.1, 0.15) is 38.3 Å². The van der Waals surface area contributed by atoms with Gasteiger partial charge in [-0.1, -0.05) is 31.5 Å². The molecule has 136 valence electrons. The monoisotopic (exact) mass is 370 g/mol. The molecule has 1 unspecified atom stereocenters. The number of esters is 1. The molecule has 0 aromatic heterocycles. The number of carbonyl (C=O) groups is 1. The normalized spacial score (nSPS) is 17.2. The van der Waals surface area contributed by atoms with Crippen LogP contribution in [-0.4, -0.2) is 24.3 Å². The molecule has 0 spiro atoms. The van der Waals surface area contributed by atoms with E-state index < -0.39 is 18.6 Å². The highest BCUT2D eigenvalue weighted by molar-refractivity contribution is 7.80. The minimum atomic E-state index is -2.97. The van der Waals surface area contributed by atoms with Gasteiger partial charge in [0.1, 0.15) is 5.75 Å². The Hall–Kier alpha value is -2.22. The van der Waals surface area contributed by atoms with Crippen molar-refractivity contribution >= 4 is 23.3 Å². The first-order valence-electron chi connectivity index (χ1n) is 7.99. The highest BCUT2D eigenvalue weighted by Crippen LogP contribution is 2.35. The van der Waals surface area contributed by atoms with Gasteiger partial charge in [0.25, 0.3) is 0 Å². The molecular weight excluding hydrogens is 350 g/mol. The van der Waals surface area contributed by atoms with Gasteiger partial charge in [0.05, 0.1) is 18.2 Å². The number of hydrogen-bond donors (Lipinski definition) is 2. The molecule has 0 saturated carbocycles. The number of hydrogen-bond acceptors (Lipinski definition) is 4. The SMILES string of the molecule is CCCC1=C(C(=O)OCC)C(c2ccccc2OC(F)F)NC(=S)N1. The van der Waals surface area contributed by atoms with E-state index in [4.69, 9.17) is 17.0 Å². The van der Waals surface area contributed by atoms with Crippen molar-refractivity contribution in [1.82, 2.24) is 10.6 Å². The van der Waals surface area contributed by atoms with Gasteiger partial charge in [0.2, 0.25) is 0 Å². The predicted octanol–water partition coefficient (Wildman–Crippen LogP) is 3.42. The second kappa shape index (κ2) is 8.75. The third kappa shape index (κ3) is 4.66.